The van der Waals surface area contributed by atoms with Gasteiger partial charge in [0, 0.05) is 14.1 Å². The van der Waals surface area contributed by atoms with E-state index in [1.807, 2.05) is 13.8 Å². The van der Waals surface area contributed by atoms with E-state index in [1.54, 1.807) is 0 Å². The molecular weight excluding hydrogens is 210 g/mol. The monoisotopic (exact) mass is 229 g/mol. The Hall–Kier alpha value is -1.59. The van der Waals surface area contributed by atoms with Crippen molar-refractivity contribution in [2.75, 3.05) is 20.6 Å². The van der Waals surface area contributed by atoms with Gasteiger partial charge in [0.2, 0.25) is 18.2 Å². The first kappa shape index (κ1) is 14.4. The van der Waals surface area contributed by atoms with E-state index in [0.717, 1.165) is 0 Å². The maximum absolute atomic E-state index is 11.7. The molecule has 0 aromatic carbocycles. The molecule has 0 aromatic rings. The Morgan fingerprint density at radius 1 is 1.38 bits per heavy atom. The molecule has 0 aliphatic rings. The standard InChI is InChI=1S/C10H19N3O3/c1-7(2)9(13(4)6-14)10(16)12-5-8(15)11-3/h6-7,9H,5H2,1-4H3,(H,11,15)(H,12,16). The second kappa shape index (κ2) is 6.81. The van der Waals surface area contributed by atoms with Crippen molar-refractivity contribution >= 4 is 18.2 Å². The molecule has 0 radical (unpaired) electrons. The van der Waals surface area contributed by atoms with Crippen LogP contribution < -0.4 is 10.6 Å². The summed E-state index contributed by atoms with van der Waals surface area (Å²) in [6, 6.07) is -0.554. The third kappa shape index (κ3) is 4.29. The minimum atomic E-state index is -0.554. The lowest BCUT2D eigenvalue weighted by Crippen LogP contribution is -2.49. The van der Waals surface area contributed by atoms with Gasteiger partial charge < -0.3 is 15.5 Å². The van der Waals surface area contributed by atoms with Gasteiger partial charge in [0.25, 0.3) is 0 Å². The molecule has 2 N–H and O–H groups in total. The van der Waals surface area contributed by atoms with Crippen molar-refractivity contribution in [3.8, 4) is 0 Å². The Morgan fingerprint density at radius 3 is 2.31 bits per heavy atom. The smallest absolute Gasteiger partial charge is 0.243 e. The zero-order chi connectivity index (χ0) is 12.7. The molecule has 0 heterocycles. The summed E-state index contributed by atoms with van der Waals surface area (Å²) in [7, 11) is 3.03. The minimum absolute atomic E-state index is 0.0140. The Bertz CT molecular complexity index is 266. The van der Waals surface area contributed by atoms with E-state index < -0.39 is 6.04 Å². The third-order valence-electron chi connectivity index (χ3n) is 2.21. The number of rotatable bonds is 6. The van der Waals surface area contributed by atoms with Crippen LogP contribution in [-0.2, 0) is 14.4 Å². The van der Waals surface area contributed by atoms with E-state index in [2.05, 4.69) is 10.6 Å². The van der Waals surface area contributed by atoms with Crippen LogP contribution in [0.15, 0.2) is 0 Å². The first-order chi connectivity index (χ1) is 7.43. The number of hydrogen-bond donors (Lipinski definition) is 2. The van der Waals surface area contributed by atoms with Gasteiger partial charge >= 0.3 is 0 Å². The molecule has 0 spiro atoms. The summed E-state index contributed by atoms with van der Waals surface area (Å²) < 4.78 is 0. The molecule has 92 valence electrons. The molecule has 0 aliphatic carbocycles. The lowest BCUT2D eigenvalue weighted by atomic mass is 10.0. The number of amides is 3. The normalized spacial score (nSPS) is 11.8. The number of likely N-dealkylation sites (N-methyl/N-ethyl adjacent to an activating group) is 2. The molecule has 0 rings (SSSR count). The maximum Gasteiger partial charge on any atom is 0.243 e. The number of nitrogens with one attached hydrogen (secondary N) is 2. The highest BCUT2D eigenvalue weighted by Gasteiger charge is 2.25. The minimum Gasteiger partial charge on any atom is -0.358 e. The molecule has 3 amide bonds. The molecule has 0 saturated carbocycles. The molecule has 6 nitrogen and oxygen atoms in total. The van der Waals surface area contributed by atoms with Gasteiger partial charge in [0.05, 0.1) is 6.54 Å². The van der Waals surface area contributed by atoms with Crippen LogP contribution in [0.5, 0.6) is 0 Å². The van der Waals surface area contributed by atoms with E-state index in [0.29, 0.717) is 6.41 Å². The summed E-state index contributed by atoms with van der Waals surface area (Å²) in [4.78, 5) is 34.6. The molecule has 16 heavy (non-hydrogen) atoms. The summed E-state index contributed by atoms with van der Waals surface area (Å²) in [5.74, 6) is -0.613. The van der Waals surface area contributed by atoms with E-state index in [4.69, 9.17) is 0 Å². The molecule has 6 heteroatoms. The van der Waals surface area contributed by atoms with Crippen LogP contribution in [0.2, 0.25) is 0 Å². The Morgan fingerprint density at radius 2 is 1.94 bits per heavy atom. The third-order valence-corrected chi connectivity index (χ3v) is 2.21. The summed E-state index contributed by atoms with van der Waals surface area (Å²) in [5, 5.41) is 4.87. The lowest BCUT2D eigenvalue weighted by molar-refractivity contribution is -0.134. The molecule has 1 atom stereocenters. The Kier molecular flexibility index (Phi) is 6.14. The summed E-state index contributed by atoms with van der Waals surface area (Å²) in [6.45, 7) is 3.60. The fourth-order valence-electron chi connectivity index (χ4n) is 1.38. The van der Waals surface area contributed by atoms with Crippen molar-refractivity contribution in [1.82, 2.24) is 15.5 Å². The zero-order valence-corrected chi connectivity index (χ0v) is 10.1. The largest absolute Gasteiger partial charge is 0.358 e. The molecular formula is C10H19N3O3. The van der Waals surface area contributed by atoms with Crippen LogP contribution in [0, 0.1) is 5.92 Å². The van der Waals surface area contributed by atoms with Crippen molar-refractivity contribution in [2.24, 2.45) is 5.92 Å². The fourth-order valence-corrected chi connectivity index (χ4v) is 1.38. The average Bonchev–Trinajstić information content (AvgIpc) is 2.25. The van der Waals surface area contributed by atoms with Crippen LogP contribution in [0.25, 0.3) is 0 Å². The predicted octanol–water partition coefficient (Wildman–Crippen LogP) is -1.04. The predicted molar refractivity (Wildman–Crippen MR) is 59.5 cm³/mol. The summed E-state index contributed by atoms with van der Waals surface area (Å²) in [6.07, 6.45) is 0.601. The van der Waals surface area contributed by atoms with Crippen molar-refractivity contribution in [3.63, 3.8) is 0 Å². The molecule has 0 saturated heterocycles. The van der Waals surface area contributed by atoms with Crippen molar-refractivity contribution < 1.29 is 14.4 Å². The zero-order valence-electron chi connectivity index (χ0n) is 10.1. The van der Waals surface area contributed by atoms with Gasteiger partial charge in [-0.05, 0) is 5.92 Å². The van der Waals surface area contributed by atoms with Crippen LogP contribution in [0.3, 0.4) is 0 Å². The first-order valence-electron chi connectivity index (χ1n) is 5.09. The molecule has 0 aromatic heterocycles. The van der Waals surface area contributed by atoms with Gasteiger partial charge in [-0.1, -0.05) is 13.8 Å². The lowest BCUT2D eigenvalue weighted by Gasteiger charge is -2.26. The van der Waals surface area contributed by atoms with Gasteiger partial charge in [-0.3, -0.25) is 14.4 Å². The highest BCUT2D eigenvalue weighted by molar-refractivity contribution is 5.88. The van der Waals surface area contributed by atoms with Gasteiger partial charge in [-0.25, -0.2) is 0 Å². The molecule has 0 aliphatic heterocycles. The Labute approximate surface area is 95.4 Å². The highest BCUT2D eigenvalue weighted by atomic mass is 16.2. The van der Waals surface area contributed by atoms with Gasteiger partial charge in [0.1, 0.15) is 6.04 Å². The SMILES string of the molecule is CNC(=O)CNC(=O)C(C(C)C)N(C)C=O. The number of nitrogens with zero attached hydrogens (tertiary/aromatic N) is 1. The topological polar surface area (TPSA) is 78.5 Å². The second-order valence-electron chi connectivity index (χ2n) is 3.85. The average molecular weight is 229 g/mol. The molecule has 0 fully saturated rings. The van der Waals surface area contributed by atoms with Gasteiger partial charge in [-0.15, -0.1) is 0 Å². The molecule has 1 unspecified atom stereocenters. The Balaban J connectivity index is 4.40. The van der Waals surface area contributed by atoms with Crippen molar-refractivity contribution in [1.29, 1.82) is 0 Å². The summed E-state index contributed by atoms with van der Waals surface area (Å²) >= 11 is 0. The van der Waals surface area contributed by atoms with E-state index in [-0.39, 0.29) is 24.3 Å². The number of carbonyl (C=O) groups excluding carboxylic acids is 3. The van der Waals surface area contributed by atoms with Crippen LogP contribution in [-0.4, -0.2) is 49.8 Å². The molecule has 0 bridgehead atoms. The van der Waals surface area contributed by atoms with Crippen LogP contribution in [0.4, 0.5) is 0 Å². The van der Waals surface area contributed by atoms with Crippen LogP contribution in [0.1, 0.15) is 13.8 Å². The number of carbonyl (C=O) groups is 3. The van der Waals surface area contributed by atoms with E-state index in [9.17, 15) is 14.4 Å². The van der Waals surface area contributed by atoms with Gasteiger partial charge in [-0.2, -0.15) is 0 Å². The maximum atomic E-state index is 11.7. The van der Waals surface area contributed by atoms with Crippen LogP contribution >= 0.6 is 0 Å². The number of hydrogen-bond acceptors (Lipinski definition) is 3. The first-order valence-corrected chi connectivity index (χ1v) is 5.09. The second-order valence-corrected chi connectivity index (χ2v) is 3.85. The highest BCUT2D eigenvalue weighted by Crippen LogP contribution is 2.07. The summed E-state index contributed by atoms with van der Waals surface area (Å²) in [5.41, 5.74) is 0. The van der Waals surface area contributed by atoms with Crippen molar-refractivity contribution in [3.05, 3.63) is 0 Å². The van der Waals surface area contributed by atoms with Crippen molar-refractivity contribution in [2.45, 2.75) is 19.9 Å². The quantitative estimate of drug-likeness (QED) is 0.571. The van der Waals surface area contributed by atoms with Gasteiger partial charge in [0.15, 0.2) is 0 Å². The van der Waals surface area contributed by atoms with E-state index in [1.165, 1.54) is 19.0 Å². The van der Waals surface area contributed by atoms with E-state index >= 15 is 0 Å². The fraction of sp³-hybridized carbons (Fsp3) is 0.700.